The summed E-state index contributed by atoms with van der Waals surface area (Å²) in [6, 6.07) is 0.751. The van der Waals surface area contributed by atoms with Crippen LogP contribution in [0.5, 0.6) is 0 Å². The fraction of sp³-hybridized carbons (Fsp3) is 1.00. The van der Waals surface area contributed by atoms with Crippen molar-refractivity contribution in [1.29, 1.82) is 0 Å². The first kappa shape index (κ1) is 16.1. The molecule has 3 rings (SSSR count). The van der Waals surface area contributed by atoms with Gasteiger partial charge in [-0.15, -0.1) is 0 Å². The van der Waals surface area contributed by atoms with E-state index >= 15 is 0 Å². The minimum atomic E-state index is 0.240. The average Bonchev–Trinajstić information content (AvgIpc) is 3.10. The van der Waals surface area contributed by atoms with Crippen LogP contribution in [0.3, 0.4) is 0 Å². The summed E-state index contributed by atoms with van der Waals surface area (Å²) >= 11 is 2.10. The van der Waals surface area contributed by atoms with Crippen LogP contribution in [0.1, 0.15) is 58.8 Å². The van der Waals surface area contributed by atoms with Gasteiger partial charge in [0.25, 0.3) is 0 Å². The summed E-state index contributed by atoms with van der Waals surface area (Å²) in [5.41, 5.74) is 0.240. The first-order valence-corrected chi connectivity index (χ1v) is 10.3. The molecule has 1 aliphatic carbocycles. The molecular weight excluding hydrogens is 278 g/mol. The third kappa shape index (κ3) is 3.79. The molecule has 0 radical (unpaired) electrons. The largest absolute Gasteiger partial charge is 0.374 e. The molecule has 0 bridgehead atoms. The van der Waals surface area contributed by atoms with Crippen LogP contribution in [0.4, 0.5) is 0 Å². The summed E-state index contributed by atoms with van der Waals surface area (Å²) in [6.45, 7) is 6.92. The van der Waals surface area contributed by atoms with Gasteiger partial charge in [-0.3, -0.25) is 0 Å². The van der Waals surface area contributed by atoms with Gasteiger partial charge in [0, 0.05) is 18.4 Å². The number of rotatable bonds is 5. The van der Waals surface area contributed by atoms with Gasteiger partial charge in [0.15, 0.2) is 0 Å². The van der Waals surface area contributed by atoms with Crippen molar-refractivity contribution in [1.82, 2.24) is 5.32 Å². The van der Waals surface area contributed by atoms with Crippen molar-refractivity contribution in [2.45, 2.75) is 70.4 Å². The SMILES string of the molecule is CCCNC(C1CCC(C)C1)C1CCOC2(CCSC2)C1. The van der Waals surface area contributed by atoms with Gasteiger partial charge >= 0.3 is 0 Å². The van der Waals surface area contributed by atoms with E-state index in [2.05, 4.69) is 30.9 Å². The van der Waals surface area contributed by atoms with Crippen molar-refractivity contribution >= 4 is 11.8 Å². The van der Waals surface area contributed by atoms with E-state index in [1.165, 1.54) is 63.0 Å². The number of nitrogens with one attached hydrogen (secondary N) is 1. The first-order chi connectivity index (χ1) is 10.2. The summed E-state index contributed by atoms with van der Waals surface area (Å²) in [6.07, 6.45) is 9.46. The van der Waals surface area contributed by atoms with Crippen molar-refractivity contribution in [2.75, 3.05) is 24.7 Å². The Bertz CT molecular complexity index is 329. The van der Waals surface area contributed by atoms with Gasteiger partial charge in [-0.1, -0.05) is 20.3 Å². The normalized spacial score (nSPS) is 41.7. The Morgan fingerprint density at radius 1 is 1.29 bits per heavy atom. The van der Waals surface area contributed by atoms with Crippen LogP contribution in [0, 0.1) is 17.8 Å². The molecule has 0 aromatic carbocycles. The lowest BCUT2D eigenvalue weighted by atomic mass is 9.76. The smallest absolute Gasteiger partial charge is 0.0783 e. The van der Waals surface area contributed by atoms with Crippen molar-refractivity contribution in [3.63, 3.8) is 0 Å². The second-order valence-corrected chi connectivity index (χ2v) is 8.85. The van der Waals surface area contributed by atoms with E-state index in [-0.39, 0.29) is 5.60 Å². The van der Waals surface area contributed by atoms with Crippen molar-refractivity contribution in [2.24, 2.45) is 17.8 Å². The number of hydrogen-bond donors (Lipinski definition) is 1. The van der Waals surface area contributed by atoms with E-state index in [1.54, 1.807) is 0 Å². The van der Waals surface area contributed by atoms with Crippen LogP contribution >= 0.6 is 11.8 Å². The quantitative estimate of drug-likeness (QED) is 0.826. The second-order valence-electron chi connectivity index (χ2n) is 7.75. The highest BCUT2D eigenvalue weighted by atomic mass is 32.2. The lowest BCUT2D eigenvalue weighted by Gasteiger charge is -2.43. The highest BCUT2D eigenvalue weighted by molar-refractivity contribution is 7.99. The Balaban J connectivity index is 1.66. The number of ether oxygens (including phenoxy) is 1. The third-order valence-electron chi connectivity index (χ3n) is 5.98. The topological polar surface area (TPSA) is 21.3 Å². The van der Waals surface area contributed by atoms with E-state index in [4.69, 9.17) is 4.74 Å². The molecule has 1 saturated carbocycles. The highest BCUT2D eigenvalue weighted by Gasteiger charge is 2.44. The molecule has 0 aromatic heterocycles. The molecule has 1 N–H and O–H groups in total. The van der Waals surface area contributed by atoms with Crippen molar-refractivity contribution in [3.8, 4) is 0 Å². The first-order valence-electron chi connectivity index (χ1n) is 9.17. The Morgan fingerprint density at radius 3 is 2.86 bits per heavy atom. The van der Waals surface area contributed by atoms with E-state index in [0.717, 1.165) is 30.4 Å². The number of hydrogen-bond acceptors (Lipinski definition) is 3. The molecule has 2 aliphatic heterocycles. The van der Waals surface area contributed by atoms with Gasteiger partial charge in [-0.05, 0) is 68.6 Å². The van der Waals surface area contributed by atoms with Crippen LogP contribution < -0.4 is 5.32 Å². The third-order valence-corrected chi connectivity index (χ3v) is 7.20. The minimum Gasteiger partial charge on any atom is -0.374 e. The molecule has 3 aliphatic rings. The van der Waals surface area contributed by atoms with Gasteiger partial charge in [0.1, 0.15) is 0 Å². The summed E-state index contributed by atoms with van der Waals surface area (Å²) in [4.78, 5) is 0. The van der Waals surface area contributed by atoms with Crippen LogP contribution in [0.25, 0.3) is 0 Å². The lowest BCUT2D eigenvalue weighted by Crippen LogP contribution is -2.49. The Morgan fingerprint density at radius 2 is 2.19 bits per heavy atom. The van der Waals surface area contributed by atoms with E-state index in [0.29, 0.717) is 0 Å². The molecule has 2 saturated heterocycles. The van der Waals surface area contributed by atoms with Gasteiger partial charge in [-0.25, -0.2) is 0 Å². The minimum absolute atomic E-state index is 0.240. The standard InChI is InChI=1S/C18H33NOS/c1-3-8-19-17(15-5-4-14(2)11-15)16-6-9-20-18(12-16)7-10-21-13-18/h14-17,19H,3-13H2,1-2H3. The van der Waals surface area contributed by atoms with Gasteiger partial charge in [0.05, 0.1) is 5.60 Å². The molecule has 2 nitrogen and oxygen atoms in total. The Labute approximate surface area is 135 Å². The molecule has 122 valence electrons. The van der Waals surface area contributed by atoms with Crippen molar-refractivity contribution in [3.05, 3.63) is 0 Å². The summed E-state index contributed by atoms with van der Waals surface area (Å²) in [5.74, 6) is 5.25. The molecule has 21 heavy (non-hydrogen) atoms. The molecule has 1 spiro atoms. The Hall–Kier alpha value is 0.270. The fourth-order valence-electron chi connectivity index (χ4n) is 4.84. The summed E-state index contributed by atoms with van der Waals surface area (Å²) in [7, 11) is 0. The predicted molar refractivity (Wildman–Crippen MR) is 91.9 cm³/mol. The monoisotopic (exact) mass is 311 g/mol. The molecule has 5 atom stereocenters. The van der Waals surface area contributed by atoms with Gasteiger partial charge < -0.3 is 10.1 Å². The Kier molecular flexibility index (Phi) is 5.55. The van der Waals surface area contributed by atoms with Crippen LogP contribution in [0.15, 0.2) is 0 Å². The van der Waals surface area contributed by atoms with E-state index in [1.807, 2.05) is 0 Å². The summed E-state index contributed by atoms with van der Waals surface area (Å²) in [5, 5.41) is 3.95. The molecular formula is C18H33NOS. The zero-order valence-electron chi connectivity index (χ0n) is 13.9. The second kappa shape index (κ2) is 7.23. The van der Waals surface area contributed by atoms with Crippen LogP contribution in [-0.2, 0) is 4.74 Å². The zero-order chi connectivity index (χ0) is 14.7. The maximum absolute atomic E-state index is 6.25. The molecule has 5 unspecified atom stereocenters. The van der Waals surface area contributed by atoms with Gasteiger partial charge in [-0.2, -0.15) is 11.8 Å². The summed E-state index contributed by atoms with van der Waals surface area (Å²) < 4.78 is 6.25. The van der Waals surface area contributed by atoms with Crippen molar-refractivity contribution < 1.29 is 4.74 Å². The fourth-order valence-corrected chi connectivity index (χ4v) is 6.22. The molecule has 0 aromatic rings. The zero-order valence-corrected chi connectivity index (χ0v) is 14.7. The van der Waals surface area contributed by atoms with E-state index in [9.17, 15) is 0 Å². The maximum Gasteiger partial charge on any atom is 0.0783 e. The molecule has 2 heterocycles. The van der Waals surface area contributed by atoms with E-state index < -0.39 is 0 Å². The predicted octanol–water partition coefficient (Wildman–Crippen LogP) is 4.09. The lowest BCUT2D eigenvalue weighted by molar-refractivity contribution is -0.0883. The molecule has 0 amide bonds. The average molecular weight is 312 g/mol. The van der Waals surface area contributed by atoms with Crippen LogP contribution in [-0.4, -0.2) is 36.3 Å². The number of thioether (sulfide) groups is 1. The molecule has 3 fully saturated rings. The maximum atomic E-state index is 6.25. The van der Waals surface area contributed by atoms with Crippen LogP contribution in [0.2, 0.25) is 0 Å². The highest BCUT2D eigenvalue weighted by Crippen LogP contribution is 2.44. The molecule has 3 heteroatoms. The van der Waals surface area contributed by atoms with Gasteiger partial charge in [0.2, 0.25) is 0 Å².